The molecule has 1 aliphatic rings. The monoisotopic (exact) mass is 495 g/mol. The second-order valence-electron chi connectivity index (χ2n) is 5.34. The molecule has 0 aromatic heterocycles. The lowest BCUT2D eigenvalue weighted by molar-refractivity contribution is -0.341. The summed E-state index contributed by atoms with van der Waals surface area (Å²) in [5.74, 6) is -13.1. The number of alkyl halides is 7. The van der Waals surface area contributed by atoms with E-state index < -0.39 is 52.5 Å². The van der Waals surface area contributed by atoms with Crippen LogP contribution in [0.2, 0.25) is 0 Å². The van der Waals surface area contributed by atoms with Gasteiger partial charge in [-0.1, -0.05) is 12.1 Å². The van der Waals surface area contributed by atoms with Crippen LogP contribution in [0, 0.1) is 0 Å². The Morgan fingerprint density at radius 1 is 0.962 bits per heavy atom. The SMILES string of the molecule is O=C1c2ccccc2C(=O)N1CCC(I)=CC(F)(F)C(F)(F)C(F)(F)F. The van der Waals surface area contributed by atoms with Crippen molar-refractivity contribution in [2.45, 2.75) is 24.4 Å². The molecule has 0 N–H and O–H groups in total. The van der Waals surface area contributed by atoms with Crippen LogP contribution in [0.4, 0.5) is 30.7 Å². The van der Waals surface area contributed by atoms with Crippen LogP contribution in [-0.4, -0.2) is 41.3 Å². The van der Waals surface area contributed by atoms with Gasteiger partial charge in [0, 0.05) is 12.6 Å². The first kappa shape index (κ1) is 20.6. The van der Waals surface area contributed by atoms with Crippen LogP contribution in [0.15, 0.2) is 33.9 Å². The Morgan fingerprint density at radius 3 is 1.85 bits per heavy atom. The molecule has 0 aliphatic carbocycles. The molecule has 1 aromatic carbocycles. The number of halogens is 8. The van der Waals surface area contributed by atoms with Gasteiger partial charge >= 0.3 is 18.0 Å². The number of carbonyl (C=O) groups is 2. The lowest BCUT2D eigenvalue weighted by Crippen LogP contribution is -2.50. The number of fused-ring (bicyclic) bond motifs is 1. The Kier molecular flexibility index (Phi) is 5.41. The summed E-state index contributed by atoms with van der Waals surface area (Å²) in [5, 5.41) is 0. The summed E-state index contributed by atoms with van der Waals surface area (Å²) in [7, 11) is 0. The standard InChI is InChI=1S/C15H9F7INO2/c16-13(17,14(18,19)15(20,21)22)7-8(23)5-6-24-11(25)9-3-1-2-4-10(9)12(24)26/h1-4,7H,5-6H2. The van der Waals surface area contributed by atoms with Crippen LogP contribution in [0.5, 0.6) is 0 Å². The molecular weight excluding hydrogens is 486 g/mol. The molecule has 1 aromatic rings. The van der Waals surface area contributed by atoms with Gasteiger partial charge in [0.05, 0.1) is 11.1 Å². The van der Waals surface area contributed by atoms with Crippen molar-refractivity contribution < 1.29 is 40.3 Å². The quantitative estimate of drug-likeness (QED) is 0.334. The summed E-state index contributed by atoms with van der Waals surface area (Å²) >= 11 is 1.17. The number of nitrogens with zero attached hydrogens (tertiary/aromatic N) is 1. The number of hydrogen-bond acceptors (Lipinski definition) is 2. The normalized spacial score (nSPS) is 16.3. The van der Waals surface area contributed by atoms with E-state index >= 15 is 0 Å². The predicted molar refractivity (Wildman–Crippen MR) is 84.5 cm³/mol. The largest absolute Gasteiger partial charge is 0.460 e. The van der Waals surface area contributed by atoms with Gasteiger partial charge in [0.25, 0.3) is 11.8 Å². The van der Waals surface area contributed by atoms with Crippen molar-refractivity contribution in [3.63, 3.8) is 0 Å². The fraction of sp³-hybridized carbons (Fsp3) is 0.333. The van der Waals surface area contributed by atoms with Crippen molar-refractivity contribution in [2.24, 2.45) is 0 Å². The van der Waals surface area contributed by atoms with Crippen molar-refractivity contribution in [1.82, 2.24) is 4.90 Å². The van der Waals surface area contributed by atoms with E-state index in [0.29, 0.717) is 0 Å². The first-order valence-corrected chi connectivity index (χ1v) is 8.02. The second-order valence-corrected chi connectivity index (χ2v) is 6.73. The number of rotatable bonds is 5. The average Bonchev–Trinajstić information content (AvgIpc) is 2.75. The van der Waals surface area contributed by atoms with Crippen LogP contribution < -0.4 is 0 Å². The summed E-state index contributed by atoms with van der Waals surface area (Å²) in [6, 6.07) is 5.79. The van der Waals surface area contributed by atoms with Crippen LogP contribution in [-0.2, 0) is 0 Å². The third kappa shape index (κ3) is 3.58. The molecule has 26 heavy (non-hydrogen) atoms. The lowest BCUT2D eigenvalue weighted by Gasteiger charge is -2.26. The van der Waals surface area contributed by atoms with Gasteiger partial charge in [0.2, 0.25) is 0 Å². The third-order valence-electron chi connectivity index (χ3n) is 3.56. The molecule has 1 heterocycles. The van der Waals surface area contributed by atoms with Crippen molar-refractivity contribution in [2.75, 3.05) is 6.54 Å². The Morgan fingerprint density at radius 2 is 1.42 bits per heavy atom. The van der Waals surface area contributed by atoms with Crippen molar-refractivity contribution >= 4 is 34.4 Å². The van der Waals surface area contributed by atoms with Gasteiger partial charge in [0.1, 0.15) is 0 Å². The molecule has 142 valence electrons. The highest BCUT2D eigenvalue weighted by atomic mass is 127. The molecule has 2 amide bonds. The van der Waals surface area contributed by atoms with E-state index in [2.05, 4.69) is 0 Å². The predicted octanol–water partition coefficient (Wildman–Crippen LogP) is 4.82. The topological polar surface area (TPSA) is 37.4 Å². The minimum absolute atomic E-state index is 0.102. The molecule has 0 saturated heterocycles. The van der Waals surface area contributed by atoms with Crippen molar-refractivity contribution in [3.05, 3.63) is 45.0 Å². The number of benzene rings is 1. The van der Waals surface area contributed by atoms with Gasteiger partial charge in [-0.15, -0.1) is 0 Å². The molecular formula is C15H9F7INO2. The van der Waals surface area contributed by atoms with E-state index in [9.17, 15) is 40.3 Å². The molecule has 0 unspecified atom stereocenters. The number of amides is 2. The zero-order valence-electron chi connectivity index (χ0n) is 12.6. The van der Waals surface area contributed by atoms with E-state index in [0.717, 1.165) is 4.90 Å². The first-order chi connectivity index (χ1) is 11.8. The zero-order chi connectivity index (χ0) is 19.9. The number of hydrogen-bond donors (Lipinski definition) is 0. The number of imide groups is 1. The van der Waals surface area contributed by atoms with Crippen molar-refractivity contribution in [3.8, 4) is 0 Å². The molecule has 0 fully saturated rings. The summed E-state index contributed by atoms with van der Waals surface area (Å²) < 4.78 is 88.1. The maximum atomic E-state index is 13.3. The maximum Gasteiger partial charge on any atom is 0.460 e. The highest BCUT2D eigenvalue weighted by Crippen LogP contribution is 2.48. The summed E-state index contributed by atoms with van der Waals surface area (Å²) in [5.41, 5.74) is 0.204. The van der Waals surface area contributed by atoms with Gasteiger partial charge in [-0.2, -0.15) is 30.7 Å². The highest BCUT2D eigenvalue weighted by molar-refractivity contribution is 14.1. The van der Waals surface area contributed by atoms with Crippen LogP contribution in [0.25, 0.3) is 0 Å². The molecule has 0 radical (unpaired) electrons. The average molecular weight is 495 g/mol. The van der Waals surface area contributed by atoms with E-state index in [1.54, 1.807) is 0 Å². The molecule has 11 heteroatoms. The summed E-state index contributed by atoms with van der Waals surface area (Å²) in [6.45, 7) is -0.436. The highest BCUT2D eigenvalue weighted by Gasteiger charge is 2.72. The van der Waals surface area contributed by atoms with Crippen LogP contribution in [0.1, 0.15) is 27.1 Å². The maximum absolute atomic E-state index is 13.3. The van der Waals surface area contributed by atoms with E-state index in [1.165, 1.54) is 46.9 Å². The fourth-order valence-corrected chi connectivity index (χ4v) is 2.84. The number of allylic oxidation sites excluding steroid dienone is 1. The Labute approximate surface area is 156 Å². The Hall–Kier alpha value is -1.66. The molecule has 3 nitrogen and oxygen atoms in total. The van der Waals surface area contributed by atoms with Crippen LogP contribution in [0.3, 0.4) is 0 Å². The van der Waals surface area contributed by atoms with Gasteiger partial charge < -0.3 is 0 Å². The van der Waals surface area contributed by atoms with E-state index in [4.69, 9.17) is 0 Å². The van der Waals surface area contributed by atoms with Gasteiger partial charge in [-0.05, 0) is 44.7 Å². The minimum atomic E-state index is -6.42. The fourth-order valence-electron chi connectivity index (χ4n) is 2.21. The molecule has 0 bridgehead atoms. The van der Waals surface area contributed by atoms with E-state index in [1.807, 2.05) is 0 Å². The van der Waals surface area contributed by atoms with Gasteiger partial charge in [-0.3, -0.25) is 14.5 Å². The molecule has 1 aliphatic heterocycles. The first-order valence-electron chi connectivity index (χ1n) is 6.94. The van der Waals surface area contributed by atoms with Crippen molar-refractivity contribution in [1.29, 1.82) is 0 Å². The smallest absolute Gasteiger partial charge is 0.274 e. The molecule has 0 atom stereocenters. The zero-order valence-corrected chi connectivity index (χ0v) is 14.7. The summed E-state index contributed by atoms with van der Waals surface area (Å²) in [6.07, 6.45) is -7.42. The minimum Gasteiger partial charge on any atom is -0.274 e. The summed E-state index contributed by atoms with van der Waals surface area (Å²) in [4.78, 5) is 24.8. The molecule has 0 saturated carbocycles. The van der Waals surface area contributed by atoms with Gasteiger partial charge in [-0.25, -0.2) is 0 Å². The Bertz CT molecular complexity index is 739. The lowest BCUT2D eigenvalue weighted by atomic mass is 10.1. The van der Waals surface area contributed by atoms with E-state index in [-0.39, 0.29) is 11.1 Å². The molecule has 0 spiro atoms. The number of carbonyl (C=O) groups excluding carboxylic acids is 2. The van der Waals surface area contributed by atoms with Gasteiger partial charge in [0.15, 0.2) is 0 Å². The molecule has 2 rings (SSSR count). The second kappa shape index (κ2) is 6.82. The Balaban J connectivity index is 2.12. The third-order valence-corrected chi connectivity index (χ3v) is 4.42. The van der Waals surface area contributed by atoms with Crippen LogP contribution >= 0.6 is 22.6 Å².